The molecule has 0 aliphatic heterocycles. The van der Waals surface area contributed by atoms with Crippen LogP contribution in [0.25, 0.3) is 5.57 Å². The molecule has 0 radical (unpaired) electrons. The lowest BCUT2D eigenvalue weighted by Crippen LogP contribution is -2.27. The molecule has 0 spiro atoms. The molecule has 2 heterocycles. The van der Waals surface area contributed by atoms with E-state index < -0.39 is 0 Å². The Morgan fingerprint density at radius 3 is 2.79 bits per heavy atom. The molecule has 0 unspecified atom stereocenters. The number of rotatable bonds is 8. The van der Waals surface area contributed by atoms with Gasteiger partial charge >= 0.3 is 0 Å². The summed E-state index contributed by atoms with van der Waals surface area (Å²) in [6.07, 6.45) is 10.0. The van der Waals surface area contributed by atoms with E-state index in [1.807, 2.05) is 6.07 Å². The number of aromatic nitrogens is 2. The number of anilines is 2. The Balaban J connectivity index is 1.76. The summed E-state index contributed by atoms with van der Waals surface area (Å²) >= 11 is 6.41. The van der Waals surface area contributed by atoms with E-state index in [1.165, 1.54) is 31.5 Å². The van der Waals surface area contributed by atoms with Gasteiger partial charge in [0.25, 0.3) is 5.56 Å². The topological polar surface area (TPSA) is 82.8 Å². The minimum atomic E-state index is -0.0326. The van der Waals surface area contributed by atoms with E-state index in [0.717, 1.165) is 11.4 Å². The molecule has 3 N–H and O–H groups in total. The molecule has 2 aromatic heterocycles. The fraction of sp³-hybridized carbons (Fsp3) is 0.381. The molecule has 1 aliphatic rings. The SMILES string of the molecule is CC(C)Cn1cc(N/C=C(\C=N)c2ncc(NC3CCC3)cc2Cl)ccc1=O. The zero-order valence-electron chi connectivity index (χ0n) is 16.2. The van der Waals surface area contributed by atoms with Crippen molar-refractivity contribution in [3.8, 4) is 0 Å². The highest BCUT2D eigenvalue weighted by Crippen LogP contribution is 2.27. The molecule has 148 valence electrons. The second-order valence-electron chi connectivity index (χ2n) is 7.52. The fourth-order valence-electron chi connectivity index (χ4n) is 3.01. The van der Waals surface area contributed by atoms with Crippen LogP contribution in [0.2, 0.25) is 5.02 Å². The standard InChI is InChI=1S/C21H26ClN5O/c1-14(2)12-27-13-17(6-7-20(27)28)24-10-15(9-23)21-19(22)8-18(11-25-21)26-16-4-3-5-16/h6-11,13-14,16,23-24,26H,3-5,12H2,1-2H3/b15-10+,23-9?. The Labute approximate surface area is 170 Å². The first-order valence-electron chi connectivity index (χ1n) is 9.56. The predicted octanol–water partition coefficient (Wildman–Crippen LogP) is 4.62. The average Bonchev–Trinajstić information content (AvgIpc) is 2.62. The predicted molar refractivity (Wildman–Crippen MR) is 116 cm³/mol. The Morgan fingerprint density at radius 1 is 1.39 bits per heavy atom. The number of halogens is 1. The summed E-state index contributed by atoms with van der Waals surface area (Å²) in [6, 6.07) is 5.61. The Bertz CT molecular complexity index is 931. The third-order valence-corrected chi connectivity index (χ3v) is 4.97. The van der Waals surface area contributed by atoms with Crippen LogP contribution in [0.4, 0.5) is 11.4 Å². The van der Waals surface area contributed by atoms with Crippen molar-refractivity contribution >= 4 is 34.8 Å². The van der Waals surface area contributed by atoms with Crippen molar-refractivity contribution in [3.05, 3.63) is 57.9 Å². The highest BCUT2D eigenvalue weighted by atomic mass is 35.5. The van der Waals surface area contributed by atoms with Crippen LogP contribution >= 0.6 is 11.6 Å². The van der Waals surface area contributed by atoms with Gasteiger partial charge in [-0.2, -0.15) is 0 Å². The lowest BCUT2D eigenvalue weighted by atomic mass is 9.93. The van der Waals surface area contributed by atoms with Crippen LogP contribution in [0.3, 0.4) is 0 Å². The molecular weight excluding hydrogens is 374 g/mol. The van der Waals surface area contributed by atoms with E-state index in [9.17, 15) is 4.79 Å². The van der Waals surface area contributed by atoms with Crippen LogP contribution in [0.5, 0.6) is 0 Å². The minimum Gasteiger partial charge on any atom is -0.381 e. The summed E-state index contributed by atoms with van der Waals surface area (Å²) < 4.78 is 1.68. The summed E-state index contributed by atoms with van der Waals surface area (Å²) in [6.45, 7) is 4.78. The zero-order valence-corrected chi connectivity index (χ0v) is 17.0. The van der Waals surface area contributed by atoms with E-state index in [0.29, 0.717) is 34.8 Å². The second-order valence-corrected chi connectivity index (χ2v) is 7.92. The number of nitrogens with one attached hydrogen (secondary N) is 3. The first kappa shape index (κ1) is 20.1. The van der Waals surface area contributed by atoms with E-state index in [4.69, 9.17) is 17.0 Å². The molecule has 0 aromatic carbocycles. The number of allylic oxidation sites excluding steroid dienone is 1. The third-order valence-electron chi connectivity index (χ3n) is 4.69. The largest absolute Gasteiger partial charge is 0.381 e. The van der Waals surface area contributed by atoms with Crippen molar-refractivity contribution in [2.75, 3.05) is 10.6 Å². The van der Waals surface area contributed by atoms with Crippen LogP contribution in [0, 0.1) is 11.3 Å². The van der Waals surface area contributed by atoms with Crippen molar-refractivity contribution in [2.45, 2.75) is 45.7 Å². The van der Waals surface area contributed by atoms with Gasteiger partial charge in [-0.25, -0.2) is 0 Å². The van der Waals surface area contributed by atoms with Crippen molar-refractivity contribution in [2.24, 2.45) is 5.92 Å². The maximum Gasteiger partial charge on any atom is 0.250 e. The third kappa shape index (κ3) is 5.01. The summed E-state index contributed by atoms with van der Waals surface area (Å²) in [4.78, 5) is 16.4. The molecule has 0 saturated heterocycles. The van der Waals surface area contributed by atoms with Crippen molar-refractivity contribution in [3.63, 3.8) is 0 Å². The van der Waals surface area contributed by atoms with Gasteiger partial charge in [0.05, 0.1) is 28.3 Å². The number of hydrogen-bond acceptors (Lipinski definition) is 5. The maximum atomic E-state index is 12.0. The quantitative estimate of drug-likeness (QED) is 0.565. The Morgan fingerprint density at radius 2 is 2.18 bits per heavy atom. The summed E-state index contributed by atoms with van der Waals surface area (Å²) in [5.74, 6) is 0.371. The first-order chi connectivity index (χ1) is 13.5. The van der Waals surface area contributed by atoms with Gasteiger partial charge in [-0.05, 0) is 37.3 Å². The summed E-state index contributed by atoms with van der Waals surface area (Å²) in [5, 5.41) is 14.8. The fourth-order valence-corrected chi connectivity index (χ4v) is 3.29. The lowest BCUT2D eigenvalue weighted by molar-refractivity contribution is 0.445. The van der Waals surface area contributed by atoms with E-state index in [1.54, 1.807) is 29.2 Å². The molecule has 28 heavy (non-hydrogen) atoms. The minimum absolute atomic E-state index is 0.0326. The van der Waals surface area contributed by atoms with Crippen molar-refractivity contribution in [1.82, 2.24) is 9.55 Å². The smallest absolute Gasteiger partial charge is 0.250 e. The summed E-state index contributed by atoms with van der Waals surface area (Å²) in [5.41, 5.74) is 2.73. The van der Waals surface area contributed by atoms with Crippen LogP contribution in [0.15, 0.2) is 41.6 Å². The molecule has 1 saturated carbocycles. The van der Waals surface area contributed by atoms with Gasteiger partial charge in [-0.1, -0.05) is 25.4 Å². The van der Waals surface area contributed by atoms with Gasteiger partial charge < -0.3 is 20.6 Å². The molecule has 0 bridgehead atoms. The van der Waals surface area contributed by atoms with Gasteiger partial charge in [0.1, 0.15) is 0 Å². The van der Waals surface area contributed by atoms with Crippen LogP contribution in [-0.2, 0) is 6.54 Å². The Kier molecular flexibility index (Phi) is 6.52. The van der Waals surface area contributed by atoms with Gasteiger partial charge in [-0.3, -0.25) is 9.78 Å². The van der Waals surface area contributed by atoms with Crippen LogP contribution in [-0.4, -0.2) is 21.8 Å². The van der Waals surface area contributed by atoms with Crippen molar-refractivity contribution < 1.29 is 0 Å². The maximum absolute atomic E-state index is 12.0. The molecule has 6 nitrogen and oxygen atoms in total. The highest BCUT2D eigenvalue weighted by molar-refractivity contribution is 6.33. The molecule has 1 fully saturated rings. The molecule has 0 atom stereocenters. The van der Waals surface area contributed by atoms with Crippen LogP contribution < -0.4 is 16.2 Å². The molecule has 0 amide bonds. The van der Waals surface area contributed by atoms with E-state index >= 15 is 0 Å². The van der Waals surface area contributed by atoms with Crippen molar-refractivity contribution in [1.29, 1.82) is 5.41 Å². The summed E-state index contributed by atoms with van der Waals surface area (Å²) in [7, 11) is 0. The first-order valence-corrected chi connectivity index (χ1v) is 9.94. The molecular formula is C21H26ClN5O. The highest BCUT2D eigenvalue weighted by Gasteiger charge is 2.17. The van der Waals surface area contributed by atoms with E-state index in [2.05, 4.69) is 29.5 Å². The number of hydrogen-bond donors (Lipinski definition) is 3. The van der Waals surface area contributed by atoms with E-state index in [-0.39, 0.29) is 5.56 Å². The molecule has 7 heteroatoms. The van der Waals surface area contributed by atoms with Gasteiger partial charge in [0, 0.05) is 42.8 Å². The molecule has 3 rings (SSSR count). The molecule has 1 aliphatic carbocycles. The van der Waals surface area contributed by atoms with Gasteiger partial charge in [-0.15, -0.1) is 0 Å². The average molecular weight is 400 g/mol. The number of pyridine rings is 2. The normalized spacial score (nSPS) is 14.6. The number of nitrogens with zero attached hydrogens (tertiary/aromatic N) is 2. The van der Waals surface area contributed by atoms with Crippen LogP contribution in [0.1, 0.15) is 38.8 Å². The monoisotopic (exact) mass is 399 g/mol. The van der Waals surface area contributed by atoms with Gasteiger partial charge in [0.2, 0.25) is 0 Å². The Hall–Kier alpha value is -2.60. The lowest BCUT2D eigenvalue weighted by Gasteiger charge is -2.27. The van der Waals surface area contributed by atoms with Gasteiger partial charge in [0.15, 0.2) is 0 Å². The molecule has 2 aromatic rings. The zero-order chi connectivity index (χ0) is 20.1. The second kappa shape index (κ2) is 9.06.